The molecule has 0 saturated carbocycles. The van der Waals surface area contributed by atoms with E-state index in [0.29, 0.717) is 5.75 Å². The standard InChI is InChI=1S/C27H37BO12/c1-16(29)33-14-27(15-34-17(2)30)13-22(35-18(3)31)23(36-19(4)32)24(38-27)37-21-11-9-20(10-12-21)28-39-25(5,6)26(7,8)40-28/h9-12,22-24H,13-15H2,1-8H3. The number of carbonyl (C=O) groups is 4. The maximum Gasteiger partial charge on any atom is 0.494 e. The SMILES string of the molecule is CC(=O)OCC1(COC(C)=O)CC(OC(C)=O)C(OC(C)=O)C(Oc2ccc(B3OC(C)(C)C(C)(C)O3)cc2)O1. The van der Waals surface area contributed by atoms with E-state index in [1.807, 2.05) is 27.7 Å². The summed E-state index contributed by atoms with van der Waals surface area (Å²) in [5, 5.41) is 0. The predicted molar refractivity (Wildman–Crippen MR) is 139 cm³/mol. The average Bonchev–Trinajstić information content (AvgIpc) is 3.05. The Hall–Kier alpha value is -3.16. The molecule has 0 spiro atoms. The van der Waals surface area contributed by atoms with Crippen molar-refractivity contribution in [3.8, 4) is 5.75 Å². The second-order valence-corrected chi connectivity index (χ2v) is 10.9. The van der Waals surface area contributed by atoms with Gasteiger partial charge in [-0.2, -0.15) is 0 Å². The van der Waals surface area contributed by atoms with Crippen LogP contribution in [0.15, 0.2) is 24.3 Å². The van der Waals surface area contributed by atoms with Crippen LogP contribution < -0.4 is 10.2 Å². The van der Waals surface area contributed by atoms with Crippen LogP contribution in [-0.4, -0.2) is 79.5 Å². The van der Waals surface area contributed by atoms with E-state index in [9.17, 15) is 19.2 Å². The summed E-state index contributed by atoms with van der Waals surface area (Å²) in [6.45, 7) is 11.9. The highest BCUT2D eigenvalue weighted by Gasteiger charge is 2.54. The Labute approximate surface area is 234 Å². The highest BCUT2D eigenvalue weighted by atomic mass is 16.7. The summed E-state index contributed by atoms with van der Waals surface area (Å²) in [5.41, 5.74) is -1.75. The van der Waals surface area contributed by atoms with Gasteiger partial charge >= 0.3 is 31.0 Å². The van der Waals surface area contributed by atoms with Gasteiger partial charge in [0.25, 0.3) is 0 Å². The van der Waals surface area contributed by atoms with Crippen molar-refractivity contribution in [2.75, 3.05) is 13.2 Å². The monoisotopic (exact) mass is 564 g/mol. The van der Waals surface area contributed by atoms with Crippen molar-refractivity contribution >= 4 is 36.5 Å². The van der Waals surface area contributed by atoms with Crippen molar-refractivity contribution in [3.05, 3.63) is 24.3 Å². The maximum absolute atomic E-state index is 12.0. The van der Waals surface area contributed by atoms with Crippen LogP contribution in [0.1, 0.15) is 61.8 Å². The number of benzene rings is 1. The Balaban J connectivity index is 1.91. The number of carbonyl (C=O) groups excluding carboxylic acids is 4. The molecule has 0 aliphatic carbocycles. The van der Waals surface area contributed by atoms with Crippen LogP contribution in [0.5, 0.6) is 5.75 Å². The van der Waals surface area contributed by atoms with E-state index in [1.54, 1.807) is 24.3 Å². The number of rotatable bonds is 9. The minimum Gasteiger partial charge on any atom is -0.463 e. The fourth-order valence-electron chi connectivity index (χ4n) is 4.27. The molecule has 0 aromatic heterocycles. The summed E-state index contributed by atoms with van der Waals surface area (Å²) in [6.07, 6.45) is -3.72. The summed E-state index contributed by atoms with van der Waals surface area (Å²) in [6, 6.07) is 6.83. The fraction of sp³-hybridized carbons (Fsp3) is 0.630. The fourth-order valence-corrected chi connectivity index (χ4v) is 4.27. The first-order valence-corrected chi connectivity index (χ1v) is 12.9. The van der Waals surface area contributed by atoms with Crippen LogP contribution in [0.25, 0.3) is 0 Å². The Morgan fingerprint density at radius 1 is 0.800 bits per heavy atom. The van der Waals surface area contributed by atoms with Crippen LogP contribution >= 0.6 is 0 Å². The van der Waals surface area contributed by atoms with Crippen molar-refractivity contribution in [2.24, 2.45) is 0 Å². The lowest BCUT2D eigenvalue weighted by molar-refractivity contribution is -0.295. The van der Waals surface area contributed by atoms with Crippen molar-refractivity contribution < 1.29 is 56.9 Å². The molecule has 1 aromatic carbocycles. The van der Waals surface area contributed by atoms with Crippen molar-refractivity contribution in [1.82, 2.24) is 0 Å². The summed E-state index contributed by atoms with van der Waals surface area (Å²) in [7, 11) is -0.591. The minimum atomic E-state index is -1.47. The number of hydrogen-bond donors (Lipinski definition) is 0. The van der Waals surface area contributed by atoms with Crippen LogP contribution in [-0.2, 0) is 52.2 Å². The number of ether oxygens (including phenoxy) is 6. The molecule has 1 aromatic rings. The second kappa shape index (κ2) is 12.2. The zero-order valence-corrected chi connectivity index (χ0v) is 24.1. The molecule has 2 aliphatic rings. The van der Waals surface area contributed by atoms with E-state index >= 15 is 0 Å². The van der Waals surface area contributed by atoms with Gasteiger partial charge in [-0.15, -0.1) is 0 Å². The van der Waals surface area contributed by atoms with Crippen LogP contribution in [0.3, 0.4) is 0 Å². The van der Waals surface area contributed by atoms with Gasteiger partial charge in [0.05, 0.1) is 11.2 Å². The number of hydrogen-bond acceptors (Lipinski definition) is 12. The number of esters is 4. The molecule has 40 heavy (non-hydrogen) atoms. The first kappa shape index (κ1) is 31.4. The van der Waals surface area contributed by atoms with Gasteiger partial charge in [0, 0.05) is 34.1 Å². The largest absolute Gasteiger partial charge is 0.494 e. The average molecular weight is 564 g/mol. The van der Waals surface area contributed by atoms with Crippen molar-refractivity contribution in [2.45, 2.75) is 97.1 Å². The normalized spacial score (nSPS) is 24.5. The lowest BCUT2D eigenvalue weighted by Gasteiger charge is -2.46. The van der Waals surface area contributed by atoms with E-state index in [4.69, 9.17) is 37.7 Å². The summed E-state index contributed by atoms with van der Waals surface area (Å²) < 4.78 is 45.8. The highest BCUT2D eigenvalue weighted by Crippen LogP contribution is 2.37. The zero-order chi connectivity index (χ0) is 29.9. The van der Waals surface area contributed by atoms with Gasteiger partial charge in [-0.05, 0) is 45.3 Å². The Morgan fingerprint density at radius 2 is 1.30 bits per heavy atom. The second-order valence-electron chi connectivity index (χ2n) is 10.9. The molecule has 2 saturated heterocycles. The Bertz CT molecular complexity index is 1070. The third-order valence-electron chi connectivity index (χ3n) is 6.93. The summed E-state index contributed by atoms with van der Waals surface area (Å²) in [5.74, 6) is -2.20. The summed E-state index contributed by atoms with van der Waals surface area (Å²) in [4.78, 5) is 47.2. The van der Waals surface area contributed by atoms with Gasteiger partial charge in [0.2, 0.25) is 12.4 Å². The zero-order valence-electron chi connectivity index (χ0n) is 24.1. The van der Waals surface area contributed by atoms with Crippen molar-refractivity contribution in [1.29, 1.82) is 0 Å². The van der Waals surface area contributed by atoms with E-state index in [1.165, 1.54) is 27.7 Å². The maximum atomic E-state index is 12.0. The van der Waals surface area contributed by atoms with Crippen LogP contribution in [0.2, 0.25) is 0 Å². The van der Waals surface area contributed by atoms with Gasteiger partial charge in [-0.25, -0.2) is 0 Å². The van der Waals surface area contributed by atoms with Crippen LogP contribution in [0.4, 0.5) is 0 Å². The van der Waals surface area contributed by atoms with E-state index in [0.717, 1.165) is 5.46 Å². The molecular formula is C27H37BO12. The highest BCUT2D eigenvalue weighted by molar-refractivity contribution is 6.62. The van der Waals surface area contributed by atoms with Gasteiger partial charge in [0.15, 0.2) is 0 Å². The topological polar surface area (TPSA) is 142 Å². The Kier molecular flexibility index (Phi) is 9.53. The smallest absolute Gasteiger partial charge is 0.463 e. The van der Waals surface area contributed by atoms with Gasteiger partial charge in [-0.3, -0.25) is 19.2 Å². The first-order chi connectivity index (χ1) is 18.5. The molecule has 220 valence electrons. The van der Waals surface area contributed by atoms with Gasteiger partial charge in [0.1, 0.15) is 30.7 Å². The third kappa shape index (κ3) is 7.73. The molecule has 2 heterocycles. The molecule has 0 N–H and O–H groups in total. The molecular weight excluding hydrogens is 527 g/mol. The molecule has 2 aliphatic heterocycles. The predicted octanol–water partition coefficient (Wildman–Crippen LogP) is 1.84. The lowest BCUT2D eigenvalue weighted by Crippen LogP contribution is -2.62. The molecule has 0 bridgehead atoms. The van der Waals surface area contributed by atoms with Gasteiger partial charge < -0.3 is 37.7 Å². The molecule has 12 nitrogen and oxygen atoms in total. The minimum absolute atomic E-state index is 0.119. The van der Waals surface area contributed by atoms with Crippen molar-refractivity contribution in [3.63, 3.8) is 0 Å². The molecule has 3 unspecified atom stereocenters. The van der Waals surface area contributed by atoms with E-state index in [-0.39, 0.29) is 19.6 Å². The van der Waals surface area contributed by atoms with E-state index in [2.05, 4.69) is 0 Å². The summed E-state index contributed by atoms with van der Waals surface area (Å²) >= 11 is 0. The lowest BCUT2D eigenvalue weighted by atomic mass is 9.79. The molecule has 2 fully saturated rings. The molecule has 3 rings (SSSR count). The van der Waals surface area contributed by atoms with E-state index < -0.39 is 66.3 Å². The Morgan fingerprint density at radius 3 is 1.75 bits per heavy atom. The van der Waals surface area contributed by atoms with Gasteiger partial charge in [-0.1, -0.05) is 12.1 Å². The molecule has 0 amide bonds. The quantitative estimate of drug-likeness (QED) is 0.245. The van der Waals surface area contributed by atoms with Crippen LogP contribution in [0, 0.1) is 0 Å². The molecule has 13 heteroatoms. The molecule has 3 atom stereocenters. The first-order valence-electron chi connectivity index (χ1n) is 12.9. The third-order valence-corrected chi connectivity index (χ3v) is 6.93. The molecule has 0 radical (unpaired) electrons.